The lowest BCUT2D eigenvalue weighted by molar-refractivity contribution is -0.147. The van der Waals surface area contributed by atoms with E-state index in [-0.39, 0.29) is 29.7 Å². The lowest BCUT2D eigenvalue weighted by atomic mass is 9.80. The molecule has 0 radical (unpaired) electrons. The van der Waals surface area contributed by atoms with E-state index in [1.807, 2.05) is 81.4 Å². The third-order valence-electron chi connectivity index (χ3n) is 7.95. The maximum atomic E-state index is 13.9. The lowest BCUT2D eigenvalue weighted by Gasteiger charge is -2.40. The van der Waals surface area contributed by atoms with Crippen LogP contribution >= 0.6 is 11.6 Å². The molecular formula is C33H37ClN2O4. The molecule has 1 N–H and O–H groups in total. The van der Waals surface area contributed by atoms with Crippen molar-refractivity contribution >= 4 is 40.8 Å². The van der Waals surface area contributed by atoms with Crippen molar-refractivity contribution in [3.05, 3.63) is 94.5 Å². The van der Waals surface area contributed by atoms with Gasteiger partial charge in [-0.15, -0.1) is 0 Å². The zero-order valence-corrected chi connectivity index (χ0v) is 24.5. The number of amides is 2. The Kier molecular flexibility index (Phi) is 8.69. The minimum Gasteiger partial charge on any atom is -0.481 e. The number of anilines is 2. The van der Waals surface area contributed by atoms with Crippen molar-refractivity contribution < 1.29 is 19.5 Å². The monoisotopic (exact) mass is 560 g/mol. The van der Waals surface area contributed by atoms with Gasteiger partial charge in [0.15, 0.2) is 0 Å². The minimum absolute atomic E-state index is 0.00107. The van der Waals surface area contributed by atoms with Crippen LogP contribution < -0.4 is 9.80 Å². The Hall–Kier alpha value is -3.64. The third kappa shape index (κ3) is 5.92. The normalized spacial score (nSPS) is 17.6. The second-order valence-electron chi connectivity index (χ2n) is 11.3. The van der Waals surface area contributed by atoms with E-state index in [0.29, 0.717) is 30.0 Å². The van der Waals surface area contributed by atoms with Crippen molar-refractivity contribution in [2.75, 3.05) is 16.3 Å². The first-order valence-corrected chi connectivity index (χ1v) is 14.1. The summed E-state index contributed by atoms with van der Waals surface area (Å²) in [7, 11) is 0. The molecule has 0 saturated carbocycles. The summed E-state index contributed by atoms with van der Waals surface area (Å²) in [5.74, 6) is -1.30. The molecular weight excluding hydrogens is 524 g/mol. The molecule has 4 rings (SSSR count). The van der Waals surface area contributed by atoms with Crippen molar-refractivity contribution in [1.29, 1.82) is 0 Å². The van der Waals surface area contributed by atoms with Crippen LogP contribution in [0.25, 0.3) is 0 Å². The second-order valence-corrected chi connectivity index (χ2v) is 11.8. The van der Waals surface area contributed by atoms with Crippen LogP contribution in [0.2, 0.25) is 5.02 Å². The van der Waals surface area contributed by atoms with Gasteiger partial charge in [-0.2, -0.15) is 0 Å². The molecule has 1 unspecified atom stereocenters. The number of fused-ring (bicyclic) bond motifs is 1. The number of para-hydroxylation sites is 1. The molecule has 0 bridgehead atoms. The fraction of sp³-hybridized carbons (Fsp3) is 0.364. The topological polar surface area (TPSA) is 77.9 Å². The molecule has 1 aliphatic rings. The second kappa shape index (κ2) is 11.8. The first-order valence-electron chi connectivity index (χ1n) is 13.8. The summed E-state index contributed by atoms with van der Waals surface area (Å²) in [6, 6.07) is 22.2. The van der Waals surface area contributed by atoms with Crippen molar-refractivity contribution in [3.8, 4) is 0 Å². The molecule has 0 fully saturated rings. The summed E-state index contributed by atoms with van der Waals surface area (Å²) >= 11 is 6.07. The van der Waals surface area contributed by atoms with Crippen LogP contribution in [0.4, 0.5) is 11.4 Å². The van der Waals surface area contributed by atoms with E-state index in [0.717, 1.165) is 22.5 Å². The number of hydrogen-bond acceptors (Lipinski definition) is 3. The summed E-state index contributed by atoms with van der Waals surface area (Å²) in [6.07, 6.45) is 0.997. The third-order valence-corrected chi connectivity index (χ3v) is 8.20. The summed E-state index contributed by atoms with van der Waals surface area (Å²) < 4.78 is 0. The molecule has 0 spiro atoms. The van der Waals surface area contributed by atoms with Gasteiger partial charge < -0.3 is 14.9 Å². The molecule has 2 amide bonds. The van der Waals surface area contributed by atoms with E-state index in [9.17, 15) is 19.5 Å². The molecule has 3 aromatic rings. The number of benzene rings is 3. The van der Waals surface area contributed by atoms with Gasteiger partial charge in [0.05, 0.1) is 11.3 Å². The number of rotatable bonds is 8. The van der Waals surface area contributed by atoms with Crippen molar-refractivity contribution in [2.24, 2.45) is 5.41 Å². The summed E-state index contributed by atoms with van der Waals surface area (Å²) in [6.45, 7) is 9.92. The van der Waals surface area contributed by atoms with Crippen LogP contribution in [-0.2, 0) is 9.59 Å². The Morgan fingerprint density at radius 2 is 1.65 bits per heavy atom. The highest BCUT2D eigenvalue weighted by Crippen LogP contribution is 2.41. The quantitative estimate of drug-likeness (QED) is 0.309. The zero-order chi connectivity index (χ0) is 29.2. The van der Waals surface area contributed by atoms with Gasteiger partial charge in [0, 0.05) is 34.5 Å². The highest BCUT2D eigenvalue weighted by molar-refractivity contribution is 6.30. The Labute approximate surface area is 241 Å². The van der Waals surface area contributed by atoms with Crippen LogP contribution in [0.1, 0.15) is 80.8 Å². The largest absolute Gasteiger partial charge is 0.481 e. The predicted octanol–water partition coefficient (Wildman–Crippen LogP) is 7.52. The number of hydrogen-bond donors (Lipinski definition) is 1. The number of carboxylic acid groups (broad SMARTS) is 1. The van der Waals surface area contributed by atoms with Crippen LogP contribution in [0, 0.1) is 5.41 Å². The highest BCUT2D eigenvalue weighted by atomic mass is 35.5. The molecule has 1 heterocycles. The first-order chi connectivity index (χ1) is 18.9. The van der Waals surface area contributed by atoms with Gasteiger partial charge in [0.25, 0.3) is 5.91 Å². The molecule has 40 heavy (non-hydrogen) atoms. The lowest BCUT2D eigenvalue weighted by Crippen LogP contribution is -2.46. The van der Waals surface area contributed by atoms with E-state index >= 15 is 0 Å². The van der Waals surface area contributed by atoms with Gasteiger partial charge in [0.2, 0.25) is 5.91 Å². The number of aliphatic carboxylic acids is 1. The molecule has 6 nitrogen and oxygen atoms in total. The SMILES string of the molecule is CCN(C(=O)C1C[C@@H](C)N(C(=O)c2ccc([C@H](C)CC(C)(C)C(=O)O)cc2)c2ccccc21)c1ccc(Cl)cc1. The van der Waals surface area contributed by atoms with Gasteiger partial charge >= 0.3 is 5.97 Å². The number of carbonyl (C=O) groups excluding carboxylic acids is 2. The Balaban J connectivity index is 1.59. The molecule has 3 atom stereocenters. The molecule has 210 valence electrons. The van der Waals surface area contributed by atoms with Crippen LogP contribution in [0.5, 0.6) is 0 Å². The molecule has 3 aromatic carbocycles. The van der Waals surface area contributed by atoms with Gasteiger partial charge in [-0.1, -0.05) is 48.9 Å². The van der Waals surface area contributed by atoms with Gasteiger partial charge in [0.1, 0.15) is 0 Å². The van der Waals surface area contributed by atoms with E-state index in [2.05, 4.69) is 0 Å². The molecule has 1 aliphatic heterocycles. The fourth-order valence-electron chi connectivity index (χ4n) is 5.69. The van der Waals surface area contributed by atoms with Crippen molar-refractivity contribution in [3.63, 3.8) is 0 Å². The van der Waals surface area contributed by atoms with E-state index in [4.69, 9.17) is 11.6 Å². The van der Waals surface area contributed by atoms with Crippen molar-refractivity contribution in [2.45, 2.75) is 65.3 Å². The fourth-order valence-corrected chi connectivity index (χ4v) is 5.82. The van der Waals surface area contributed by atoms with Crippen LogP contribution in [-0.4, -0.2) is 35.5 Å². The van der Waals surface area contributed by atoms with Gasteiger partial charge in [-0.05, 0) is 100 Å². The van der Waals surface area contributed by atoms with Gasteiger partial charge in [-0.25, -0.2) is 0 Å². The highest BCUT2D eigenvalue weighted by Gasteiger charge is 2.39. The number of carboxylic acids is 1. The van der Waals surface area contributed by atoms with Gasteiger partial charge in [-0.3, -0.25) is 14.4 Å². The molecule has 0 aliphatic carbocycles. The maximum absolute atomic E-state index is 13.9. The number of carbonyl (C=O) groups is 3. The Bertz CT molecular complexity index is 1380. The van der Waals surface area contributed by atoms with Crippen LogP contribution in [0.15, 0.2) is 72.8 Å². The molecule has 0 saturated heterocycles. The predicted molar refractivity (Wildman–Crippen MR) is 160 cm³/mol. The smallest absolute Gasteiger partial charge is 0.309 e. The number of likely N-dealkylation sites (N-methyl/N-ethyl adjacent to an activating group) is 1. The van der Waals surface area contributed by atoms with E-state index < -0.39 is 11.4 Å². The summed E-state index contributed by atoms with van der Waals surface area (Å²) in [5, 5.41) is 10.1. The maximum Gasteiger partial charge on any atom is 0.309 e. The standard InChI is InChI=1S/C33H37ClN2O4/c1-6-35(26-17-15-25(34)16-18-26)31(38)28-19-22(3)36(29-10-8-7-9-27(28)29)30(37)24-13-11-23(12-14-24)21(2)20-33(4,5)32(39)40/h7-18,21-22,28H,6,19-20H2,1-5H3,(H,39,40)/t21-,22-,28?/m1/s1. The average Bonchev–Trinajstić information content (AvgIpc) is 2.93. The number of nitrogens with zero attached hydrogens (tertiary/aromatic N) is 2. The zero-order valence-electron chi connectivity index (χ0n) is 23.7. The molecule has 0 aromatic heterocycles. The van der Waals surface area contributed by atoms with E-state index in [1.165, 1.54) is 0 Å². The Morgan fingerprint density at radius 1 is 1.02 bits per heavy atom. The summed E-state index contributed by atoms with van der Waals surface area (Å²) in [5.41, 5.74) is 3.09. The summed E-state index contributed by atoms with van der Waals surface area (Å²) in [4.78, 5) is 42.8. The van der Waals surface area contributed by atoms with Crippen LogP contribution in [0.3, 0.4) is 0 Å². The van der Waals surface area contributed by atoms with Crippen molar-refractivity contribution in [1.82, 2.24) is 0 Å². The Morgan fingerprint density at radius 3 is 2.25 bits per heavy atom. The molecule has 7 heteroatoms. The minimum atomic E-state index is -0.838. The first kappa shape index (κ1) is 29.3. The average molecular weight is 561 g/mol. The van der Waals surface area contributed by atoms with E-state index in [1.54, 1.807) is 35.8 Å². The number of halogens is 1.